The largest absolute Gasteiger partial charge is 0.379 e. The fourth-order valence-corrected chi connectivity index (χ4v) is 1.63. The van der Waals surface area contributed by atoms with Gasteiger partial charge in [0.2, 0.25) is 5.91 Å². The zero-order valence-corrected chi connectivity index (χ0v) is 9.71. The zero-order valence-electron chi connectivity index (χ0n) is 9.71. The minimum atomic E-state index is 0.0380. The van der Waals surface area contributed by atoms with Gasteiger partial charge in [-0.1, -0.05) is 0 Å². The van der Waals surface area contributed by atoms with Crippen LogP contribution in [0.15, 0.2) is 0 Å². The molecule has 88 valence electrons. The summed E-state index contributed by atoms with van der Waals surface area (Å²) in [4.78, 5) is 11.5. The molecule has 0 aromatic carbocycles. The number of ether oxygens (including phenoxy) is 1. The fourth-order valence-electron chi connectivity index (χ4n) is 1.63. The maximum atomic E-state index is 11.5. The zero-order chi connectivity index (χ0) is 11.1. The Labute approximate surface area is 91.8 Å². The Hall–Kier alpha value is -0.610. The third-order valence-electron chi connectivity index (χ3n) is 2.45. The standard InChI is InChI=1S/C11H22N2O2/c1-9(2)15-8-4-7-13-11(14)10-5-3-6-12-10/h9-10,12H,3-8H2,1-2H3,(H,13,14)/t10-/m0/s1. The van der Waals surface area contributed by atoms with Crippen molar-refractivity contribution in [2.24, 2.45) is 0 Å². The highest BCUT2D eigenvalue weighted by Crippen LogP contribution is 2.04. The van der Waals surface area contributed by atoms with Crippen molar-refractivity contribution >= 4 is 5.91 Å². The van der Waals surface area contributed by atoms with Crippen molar-refractivity contribution < 1.29 is 9.53 Å². The number of hydrogen-bond donors (Lipinski definition) is 2. The average molecular weight is 214 g/mol. The summed E-state index contributed by atoms with van der Waals surface area (Å²) in [7, 11) is 0. The molecule has 0 aromatic rings. The molecule has 1 heterocycles. The van der Waals surface area contributed by atoms with E-state index >= 15 is 0 Å². The second-order valence-corrected chi connectivity index (χ2v) is 4.21. The van der Waals surface area contributed by atoms with Gasteiger partial charge in [0.1, 0.15) is 0 Å². The van der Waals surface area contributed by atoms with E-state index in [1.807, 2.05) is 13.8 Å². The highest BCUT2D eigenvalue weighted by atomic mass is 16.5. The van der Waals surface area contributed by atoms with Gasteiger partial charge in [-0.15, -0.1) is 0 Å². The third kappa shape index (κ3) is 5.14. The first-order valence-electron chi connectivity index (χ1n) is 5.83. The molecule has 1 amide bonds. The molecule has 0 aromatic heterocycles. The lowest BCUT2D eigenvalue weighted by Gasteiger charge is -2.11. The summed E-state index contributed by atoms with van der Waals surface area (Å²) < 4.78 is 5.38. The van der Waals surface area contributed by atoms with Crippen molar-refractivity contribution in [2.75, 3.05) is 19.7 Å². The maximum Gasteiger partial charge on any atom is 0.237 e. The smallest absolute Gasteiger partial charge is 0.237 e. The Morgan fingerprint density at radius 1 is 1.60 bits per heavy atom. The molecule has 0 aliphatic carbocycles. The number of nitrogens with one attached hydrogen (secondary N) is 2. The van der Waals surface area contributed by atoms with E-state index in [4.69, 9.17) is 4.74 Å². The Kier molecular flexibility index (Phi) is 5.65. The summed E-state index contributed by atoms with van der Waals surface area (Å²) in [6, 6.07) is 0.0380. The first-order valence-corrected chi connectivity index (χ1v) is 5.83. The molecule has 4 nitrogen and oxygen atoms in total. The normalized spacial score (nSPS) is 20.9. The molecule has 0 spiro atoms. The van der Waals surface area contributed by atoms with E-state index in [1.165, 1.54) is 0 Å². The van der Waals surface area contributed by atoms with Crippen molar-refractivity contribution in [3.8, 4) is 0 Å². The lowest BCUT2D eigenvalue weighted by atomic mass is 10.2. The molecule has 0 radical (unpaired) electrons. The van der Waals surface area contributed by atoms with E-state index in [-0.39, 0.29) is 18.1 Å². The topological polar surface area (TPSA) is 50.4 Å². The first-order chi connectivity index (χ1) is 7.20. The third-order valence-corrected chi connectivity index (χ3v) is 2.45. The van der Waals surface area contributed by atoms with Crippen molar-refractivity contribution in [1.82, 2.24) is 10.6 Å². The summed E-state index contributed by atoms with van der Waals surface area (Å²) in [5.41, 5.74) is 0. The van der Waals surface area contributed by atoms with E-state index in [2.05, 4.69) is 10.6 Å². The van der Waals surface area contributed by atoms with Gasteiger partial charge >= 0.3 is 0 Å². The summed E-state index contributed by atoms with van der Waals surface area (Å²) in [6.07, 6.45) is 3.23. The number of rotatable bonds is 6. The van der Waals surface area contributed by atoms with Crippen LogP contribution in [0.2, 0.25) is 0 Å². The van der Waals surface area contributed by atoms with Crippen molar-refractivity contribution in [3.63, 3.8) is 0 Å². The Bertz CT molecular complexity index is 189. The van der Waals surface area contributed by atoms with Gasteiger partial charge < -0.3 is 15.4 Å². The van der Waals surface area contributed by atoms with Gasteiger partial charge in [0.05, 0.1) is 12.1 Å². The van der Waals surface area contributed by atoms with E-state index in [9.17, 15) is 4.79 Å². The molecule has 2 N–H and O–H groups in total. The Morgan fingerprint density at radius 2 is 2.40 bits per heavy atom. The summed E-state index contributed by atoms with van der Waals surface area (Å²) >= 11 is 0. The second-order valence-electron chi connectivity index (χ2n) is 4.21. The molecule has 1 saturated heterocycles. The average Bonchev–Trinajstić information content (AvgIpc) is 2.69. The molecule has 4 heteroatoms. The predicted molar refractivity (Wildman–Crippen MR) is 59.7 cm³/mol. The van der Waals surface area contributed by atoms with Crippen LogP contribution >= 0.6 is 0 Å². The predicted octanol–water partition coefficient (Wildman–Crippen LogP) is 0.670. The molecule has 1 rings (SSSR count). The number of carbonyl (C=O) groups excluding carboxylic acids is 1. The fraction of sp³-hybridized carbons (Fsp3) is 0.909. The molecule has 15 heavy (non-hydrogen) atoms. The van der Waals surface area contributed by atoms with E-state index in [0.29, 0.717) is 6.54 Å². The van der Waals surface area contributed by atoms with Crippen LogP contribution in [0, 0.1) is 0 Å². The molecule has 0 saturated carbocycles. The van der Waals surface area contributed by atoms with Gasteiger partial charge in [0, 0.05) is 13.2 Å². The van der Waals surface area contributed by atoms with Gasteiger partial charge in [-0.25, -0.2) is 0 Å². The molecule has 1 fully saturated rings. The molecular weight excluding hydrogens is 192 g/mol. The van der Waals surface area contributed by atoms with E-state index < -0.39 is 0 Å². The Balaban J connectivity index is 1.97. The number of hydrogen-bond acceptors (Lipinski definition) is 3. The van der Waals surface area contributed by atoms with Crippen LogP contribution in [0.5, 0.6) is 0 Å². The lowest BCUT2D eigenvalue weighted by Crippen LogP contribution is -2.40. The highest BCUT2D eigenvalue weighted by Gasteiger charge is 2.20. The summed E-state index contributed by atoms with van der Waals surface area (Å²) in [6.45, 7) is 6.43. The minimum Gasteiger partial charge on any atom is -0.379 e. The first kappa shape index (κ1) is 12.5. The number of carbonyl (C=O) groups is 1. The van der Waals surface area contributed by atoms with Crippen LogP contribution < -0.4 is 10.6 Å². The SMILES string of the molecule is CC(C)OCCCNC(=O)[C@@H]1CCCN1. The highest BCUT2D eigenvalue weighted by molar-refractivity contribution is 5.81. The van der Waals surface area contributed by atoms with Crippen molar-refractivity contribution in [1.29, 1.82) is 0 Å². The Morgan fingerprint density at radius 3 is 3.00 bits per heavy atom. The van der Waals surface area contributed by atoms with Crippen molar-refractivity contribution in [3.05, 3.63) is 0 Å². The van der Waals surface area contributed by atoms with Crippen LogP contribution in [0.1, 0.15) is 33.1 Å². The van der Waals surface area contributed by atoms with E-state index in [0.717, 1.165) is 32.4 Å². The van der Waals surface area contributed by atoms with Crippen molar-refractivity contribution in [2.45, 2.75) is 45.3 Å². The monoisotopic (exact) mass is 214 g/mol. The van der Waals surface area contributed by atoms with Gasteiger partial charge in [-0.3, -0.25) is 4.79 Å². The molecule has 0 bridgehead atoms. The van der Waals surface area contributed by atoms with Crippen LogP contribution in [0.25, 0.3) is 0 Å². The molecule has 1 aliphatic heterocycles. The van der Waals surface area contributed by atoms with Gasteiger partial charge in [0.15, 0.2) is 0 Å². The van der Waals surface area contributed by atoms with Crippen LogP contribution in [-0.2, 0) is 9.53 Å². The molecule has 0 unspecified atom stereocenters. The molecular formula is C11H22N2O2. The molecule has 1 aliphatic rings. The lowest BCUT2D eigenvalue weighted by molar-refractivity contribution is -0.122. The van der Waals surface area contributed by atoms with Gasteiger partial charge in [-0.2, -0.15) is 0 Å². The maximum absolute atomic E-state index is 11.5. The van der Waals surface area contributed by atoms with Crippen LogP contribution in [-0.4, -0.2) is 37.7 Å². The van der Waals surface area contributed by atoms with E-state index in [1.54, 1.807) is 0 Å². The molecule has 1 atom stereocenters. The van der Waals surface area contributed by atoms with Gasteiger partial charge in [0.25, 0.3) is 0 Å². The minimum absolute atomic E-state index is 0.0380. The van der Waals surface area contributed by atoms with Gasteiger partial charge in [-0.05, 0) is 39.7 Å². The van der Waals surface area contributed by atoms with Crippen LogP contribution in [0.4, 0.5) is 0 Å². The quantitative estimate of drug-likeness (QED) is 0.639. The summed E-state index contributed by atoms with van der Waals surface area (Å²) in [5, 5.41) is 6.09. The second kappa shape index (κ2) is 6.80. The van der Waals surface area contributed by atoms with Crippen LogP contribution in [0.3, 0.4) is 0 Å². The summed E-state index contributed by atoms with van der Waals surface area (Å²) in [5.74, 6) is 0.136. The number of amides is 1.